The summed E-state index contributed by atoms with van der Waals surface area (Å²) in [5.41, 5.74) is -0.925. The molecular formula is C56H69N5O9S. The summed E-state index contributed by atoms with van der Waals surface area (Å²) in [5, 5.41) is 18.5. The van der Waals surface area contributed by atoms with Gasteiger partial charge in [0.1, 0.15) is 11.2 Å². The number of aromatic amines is 1. The first-order chi connectivity index (χ1) is 34.0. The van der Waals surface area contributed by atoms with Gasteiger partial charge < -0.3 is 44.2 Å². The molecule has 1 unspecified atom stereocenters. The lowest BCUT2D eigenvalue weighted by Gasteiger charge is -2.63. The van der Waals surface area contributed by atoms with Gasteiger partial charge in [-0.25, -0.2) is 4.79 Å². The smallest absolute Gasteiger partial charge is 0.344 e. The monoisotopic (exact) mass is 987 g/mol. The van der Waals surface area contributed by atoms with E-state index in [2.05, 4.69) is 65.2 Å². The molecule has 10 atom stereocenters. The standard InChI is InChI=1S/C56H69N5O9S/c1-10-52(58-46(63)36-17-19-37(20-18-36)71-33(3)4)29-35-30-55(50(64)68-8,45-39(21-25-60(31-35)32-52)38-15-12-13-16-42(38)57-45)41-27-40-43(28-44(41)67-7)59(6)48-54(40)23-26-61-24-14-22-53(11-2,47(54)61)49(70-34(5)62)56(48,66)51(65)69-9/h12-20,22,27-28,33,35,47-49,57,66H,10-11,21,23-26,29-32H2,1-9H3,(H,58,63)/t35-,47+,48-,49-,52+,53-,54-,55+,56+/m1/s1. The van der Waals surface area contributed by atoms with E-state index in [0.717, 1.165) is 38.3 Å². The van der Waals surface area contributed by atoms with Gasteiger partial charge in [-0.1, -0.05) is 58.0 Å². The Hall–Kier alpha value is -5.35. The van der Waals surface area contributed by atoms with E-state index in [1.807, 2.05) is 67.4 Å². The largest absolute Gasteiger partial charge is 0.496 e. The first-order valence-electron chi connectivity index (χ1n) is 25.4. The molecule has 1 aliphatic carbocycles. The van der Waals surface area contributed by atoms with Gasteiger partial charge in [0.15, 0.2) is 6.10 Å². The predicted octanol–water partition coefficient (Wildman–Crippen LogP) is 6.93. The SMILES string of the molecule is CC[C@]1(NC(=O)c2ccc(SC(C)C)cc2)C[C@H]2CN(CCc3c([nH]c4ccccc34)[C@@](C(=O)OC)(c3cc4c(cc3OC)N(C)[C@H]3[C@@](O)(C(=O)OC)[C@H](OC(C)=O)[C@]5(CC)C=CCN6CC[C@]43[C@@H]65)C2)C1. The van der Waals surface area contributed by atoms with Crippen molar-refractivity contribution in [2.45, 2.75) is 123 Å². The molecule has 4 aromatic rings. The van der Waals surface area contributed by atoms with Crippen LogP contribution >= 0.6 is 11.8 Å². The summed E-state index contributed by atoms with van der Waals surface area (Å²) in [6.45, 7) is 13.1. The van der Waals surface area contributed by atoms with Crippen LogP contribution in [-0.2, 0) is 45.8 Å². The van der Waals surface area contributed by atoms with Crippen LogP contribution in [0, 0.1) is 11.3 Å². The summed E-state index contributed by atoms with van der Waals surface area (Å²) >= 11 is 1.76. The number of H-pyrrole nitrogens is 1. The molecule has 5 aliphatic heterocycles. The van der Waals surface area contributed by atoms with E-state index >= 15 is 4.79 Å². The Labute approximate surface area is 421 Å². The summed E-state index contributed by atoms with van der Waals surface area (Å²) in [6, 6.07) is 18.8. The molecule has 1 aromatic heterocycles. The van der Waals surface area contributed by atoms with Crippen molar-refractivity contribution < 1.29 is 43.2 Å². The van der Waals surface area contributed by atoms with Crippen LogP contribution < -0.4 is 15.0 Å². The van der Waals surface area contributed by atoms with Gasteiger partial charge >= 0.3 is 17.9 Å². The first kappa shape index (κ1) is 49.2. The normalized spacial score (nSPS) is 32.7. The molecule has 14 nitrogen and oxygen atoms in total. The highest BCUT2D eigenvalue weighted by molar-refractivity contribution is 7.99. The average Bonchev–Trinajstić information content (AvgIpc) is 4.03. The fraction of sp³-hybridized carbons (Fsp3) is 0.536. The van der Waals surface area contributed by atoms with Crippen molar-refractivity contribution in [2.75, 3.05) is 66.0 Å². The highest BCUT2D eigenvalue weighted by atomic mass is 32.2. The maximum absolute atomic E-state index is 15.8. The van der Waals surface area contributed by atoms with Gasteiger partial charge in [0.25, 0.3) is 5.91 Å². The van der Waals surface area contributed by atoms with Crippen molar-refractivity contribution in [3.8, 4) is 5.75 Å². The molecule has 1 saturated carbocycles. The summed E-state index contributed by atoms with van der Waals surface area (Å²) < 4.78 is 24.3. The number of carbonyl (C=O) groups excluding carboxylic acids is 4. The molecule has 6 heterocycles. The number of nitrogens with zero attached hydrogens (tertiary/aromatic N) is 3. The van der Waals surface area contributed by atoms with Crippen molar-refractivity contribution in [1.82, 2.24) is 20.1 Å². The van der Waals surface area contributed by atoms with E-state index in [-0.39, 0.29) is 17.9 Å². The molecule has 71 heavy (non-hydrogen) atoms. The van der Waals surface area contributed by atoms with Crippen LogP contribution in [0.4, 0.5) is 5.69 Å². The van der Waals surface area contributed by atoms with Crippen LogP contribution in [0.25, 0.3) is 10.9 Å². The number of anilines is 1. The molecule has 378 valence electrons. The summed E-state index contributed by atoms with van der Waals surface area (Å²) in [4.78, 5) is 69.6. The molecule has 3 N–H and O–H groups in total. The minimum atomic E-state index is -2.33. The van der Waals surface area contributed by atoms with Crippen molar-refractivity contribution in [2.24, 2.45) is 11.3 Å². The Balaban J connectivity index is 1.18. The van der Waals surface area contributed by atoms with E-state index < -0.39 is 57.4 Å². The summed E-state index contributed by atoms with van der Waals surface area (Å²) in [6.07, 6.45) is 6.03. The van der Waals surface area contributed by atoms with Gasteiger partial charge in [0, 0.05) is 107 Å². The van der Waals surface area contributed by atoms with Crippen LogP contribution in [0.2, 0.25) is 0 Å². The quantitative estimate of drug-likeness (QED) is 0.0615. The van der Waals surface area contributed by atoms with Gasteiger partial charge in [0.05, 0.1) is 32.9 Å². The highest BCUT2D eigenvalue weighted by Crippen LogP contribution is 2.68. The van der Waals surface area contributed by atoms with Gasteiger partial charge in [-0.05, 0) is 98.5 Å². The maximum Gasteiger partial charge on any atom is 0.344 e. The van der Waals surface area contributed by atoms with Gasteiger partial charge in [-0.2, -0.15) is 0 Å². The Morgan fingerprint density at radius 1 is 0.930 bits per heavy atom. The lowest BCUT2D eigenvalue weighted by molar-refractivity contribution is -0.228. The molecule has 3 fully saturated rings. The van der Waals surface area contributed by atoms with E-state index in [9.17, 15) is 19.5 Å². The van der Waals surface area contributed by atoms with Crippen LogP contribution in [-0.4, -0.2) is 139 Å². The van der Waals surface area contributed by atoms with Gasteiger partial charge in [-0.15, -0.1) is 11.8 Å². The number of para-hydroxylation sites is 1. The maximum atomic E-state index is 15.8. The van der Waals surface area contributed by atoms with E-state index in [1.165, 1.54) is 21.1 Å². The number of ether oxygens (including phenoxy) is 4. The number of methoxy groups -OCH3 is 3. The molecular weight excluding hydrogens is 919 g/mol. The minimum absolute atomic E-state index is 0.126. The minimum Gasteiger partial charge on any atom is -0.496 e. The van der Waals surface area contributed by atoms with Crippen molar-refractivity contribution in [3.63, 3.8) is 0 Å². The number of benzene rings is 3. The number of hydrogen-bond donors (Lipinski definition) is 3. The summed E-state index contributed by atoms with van der Waals surface area (Å²) in [7, 11) is 6.19. The zero-order chi connectivity index (χ0) is 50.4. The molecule has 10 rings (SSSR count). The number of amides is 1. The molecule has 6 aliphatic rings. The molecule has 3 aromatic carbocycles. The zero-order valence-corrected chi connectivity index (χ0v) is 43.4. The Morgan fingerprint density at radius 3 is 2.35 bits per heavy atom. The molecule has 1 spiro atoms. The molecule has 15 heteroatoms. The van der Waals surface area contributed by atoms with Gasteiger partial charge in [-0.3, -0.25) is 19.3 Å². The number of fused-ring (bicyclic) bond motifs is 6. The number of thioether (sulfide) groups is 1. The number of rotatable bonds is 11. The number of aromatic nitrogens is 1. The average molecular weight is 988 g/mol. The second kappa shape index (κ2) is 18.0. The zero-order valence-electron chi connectivity index (χ0n) is 42.6. The van der Waals surface area contributed by atoms with Crippen LogP contribution in [0.5, 0.6) is 5.75 Å². The molecule has 2 bridgehead atoms. The third-order valence-electron chi connectivity index (χ3n) is 17.5. The van der Waals surface area contributed by atoms with Crippen molar-refractivity contribution in [3.05, 3.63) is 101 Å². The highest BCUT2D eigenvalue weighted by Gasteiger charge is 2.80. The van der Waals surface area contributed by atoms with Crippen LogP contribution in [0.1, 0.15) is 99.5 Å². The number of esters is 3. The topological polar surface area (TPSA) is 163 Å². The molecule has 2 saturated heterocycles. The predicted molar refractivity (Wildman–Crippen MR) is 273 cm³/mol. The lowest BCUT2D eigenvalue weighted by Crippen LogP contribution is -2.81. The number of piperidine rings is 1. The fourth-order valence-corrected chi connectivity index (χ4v) is 15.8. The molecule has 1 amide bonds. The number of hydrogen-bond acceptors (Lipinski definition) is 13. The second-order valence-corrected chi connectivity index (χ2v) is 23.1. The first-order valence-corrected chi connectivity index (χ1v) is 26.2. The van der Waals surface area contributed by atoms with Gasteiger partial charge in [0.2, 0.25) is 5.60 Å². The van der Waals surface area contributed by atoms with E-state index in [0.29, 0.717) is 93.4 Å². The number of likely N-dealkylation sites (N-methyl/N-ethyl adjacent to an activating group) is 1. The van der Waals surface area contributed by atoms with E-state index in [1.54, 1.807) is 18.9 Å². The Bertz CT molecular complexity index is 2810. The Kier molecular flexibility index (Phi) is 12.5. The number of carbonyl (C=O) groups is 4. The summed E-state index contributed by atoms with van der Waals surface area (Å²) in [5.74, 6) is -1.75. The Morgan fingerprint density at radius 2 is 1.68 bits per heavy atom. The van der Waals surface area contributed by atoms with Crippen LogP contribution in [0.15, 0.2) is 77.7 Å². The van der Waals surface area contributed by atoms with Crippen molar-refractivity contribution >= 4 is 52.2 Å². The second-order valence-electron chi connectivity index (χ2n) is 21.4. The number of nitrogens with one attached hydrogen (secondary N) is 2. The lowest BCUT2D eigenvalue weighted by atomic mass is 9.47. The third kappa shape index (κ3) is 7.21. The number of aliphatic hydroxyl groups is 1. The molecule has 0 radical (unpaired) electrons. The third-order valence-corrected chi connectivity index (χ3v) is 18.5. The van der Waals surface area contributed by atoms with Crippen molar-refractivity contribution in [1.29, 1.82) is 0 Å². The fourth-order valence-electron chi connectivity index (χ4n) is 15.0. The van der Waals surface area contributed by atoms with E-state index in [4.69, 9.17) is 18.9 Å². The van der Waals surface area contributed by atoms with Crippen LogP contribution in [0.3, 0.4) is 0 Å².